The van der Waals surface area contributed by atoms with E-state index in [-0.39, 0.29) is 53.2 Å². The Morgan fingerprint density at radius 3 is 2.75 bits per heavy atom. The molecule has 1 aromatic carbocycles. The largest absolute Gasteiger partial charge is 0.490 e. The SMILES string of the molecule is CC(C)(C)OC(=O)N1CC[C@H](Oc2nc3c(Nc4ccc(OC[C@H]5CCOC5)c(F)c4F)ncnc3cc2F)C1. The van der Waals surface area contributed by atoms with Crippen molar-refractivity contribution in [2.75, 3.05) is 38.2 Å². The van der Waals surface area contributed by atoms with Crippen LogP contribution < -0.4 is 14.8 Å². The lowest BCUT2D eigenvalue weighted by atomic mass is 10.1. The molecule has 0 saturated carbocycles. The third-order valence-electron chi connectivity index (χ3n) is 6.41. The fourth-order valence-electron chi connectivity index (χ4n) is 4.38. The maximum Gasteiger partial charge on any atom is 0.410 e. The first kappa shape index (κ1) is 27.7. The van der Waals surface area contributed by atoms with Gasteiger partial charge in [0.05, 0.1) is 31.0 Å². The highest BCUT2D eigenvalue weighted by atomic mass is 19.2. The van der Waals surface area contributed by atoms with Crippen molar-refractivity contribution in [1.29, 1.82) is 0 Å². The van der Waals surface area contributed by atoms with Crippen LogP contribution in [-0.2, 0) is 9.47 Å². The summed E-state index contributed by atoms with van der Waals surface area (Å²) in [5.41, 5.74) is -0.649. The molecule has 0 unspecified atom stereocenters. The van der Waals surface area contributed by atoms with E-state index in [1.165, 1.54) is 17.0 Å². The fourth-order valence-corrected chi connectivity index (χ4v) is 4.38. The van der Waals surface area contributed by atoms with Gasteiger partial charge in [0.2, 0.25) is 5.82 Å². The van der Waals surface area contributed by atoms with Gasteiger partial charge in [0.1, 0.15) is 23.5 Å². The molecule has 4 heterocycles. The number of benzene rings is 1. The van der Waals surface area contributed by atoms with Crippen LogP contribution in [0.4, 0.5) is 29.5 Å². The van der Waals surface area contributed by atoms with E-state index in [2.05, 4.69) is 20.3 Å². The zero-order chi connectivity index (χ0) is 28.4. The second-order valence-electron chi connectivity index (χ2n) is 10.7. The molecule has 214 valence electrons. The van der Waals surface area contributed by atoms with Gasteiger partial charge in [0.25, 0.3) is 5.88 Å². The normalized spacial score (nSPS) is 19.2. The average molecular weight is 562 g/mol. The molecule has 1 amide bonds. The molecule has 13 heteroatoms. The Labute approximate surface area is 228 Å². The lowest BCUT2D eigenvalue weighted by Gasteiger charge is -2.24. The third kappa shape index (κ3) is 6.30. The number of halogens is 3. The maximum atomic E-state index is 14.9. The number of nitrogens with one attached hydrogen (secondary N) is 1. The van der Waals surface area contributed by atoms with Gasteiger partial charge in [-0.25, -0.2) is 28.5 Å². The van der Waals surface area contributed by atoms with Crippen molar-refractivity contribution < 1.29 is 36.9 Å². The Hall–Kier alpha value is -3.87. The number of pyridine rings is 1. The van der Waals surface area contributed by atoms with Crippen LogP contribution >= 0.6 is 0 Å². The molecule has 0 bridgehead atoms. The molecule has 0 radical (unpaired) electrons. The van der Waals surface area contributed by atoms with Crippen molar-refractivity contribution in [3.63, 3.8) is 0 Å². The highest BCUT2D eigenvalue weighted by Crippen LogP contribution is 2.32. The van der Waals surface area contributed by atoms with E-state index in [9.17, 15) is 18.0 Å². The number of aromatic nitrogens is 3. The first-order chi connectivity index (χ1) is 19.1. The van der Waals surface area contributed by atoms with Gasteiger partial charge in [0, 0.05) is 31.6 Å². The number of carbonyl (C=O) groups excluding carboxylic acids is 1. The zero-order valence-corrected chi connectivity index (χ0v) is 22.4. The highest BCUT2D eigenvalue weighted by Gasteiger charge is 2.32. The lowest BCUT2D eigenvalue weighted by molar-refractivity contribution is 0.0274. The van der Waals surface area contributed by atoms with Gasteiger partial charge in [-0.05, 0) is 39.3 Å². The number of hydrogen-bond acceptors (Lipinski definition) is 9. The summed E-state index contributed by atoms with van der Waals surface area (Å²) in [6, 6.07) is 3.75. The highest BCUT2D eigenvalue weighted by molar-refractivity contribution is 5.87. The van der Waals surface area contributed by atoms with Crippen LogP contribution in [0.5, 0.6) is 11.6 Å². The van der Waals surface area contributed by atoms with Gasteiger partial charge in [0.15, 0.2) is 23.2 Å². The van der Waals surface area contributed by atoms with Crippen molar-refractivity contribution in [3.8, 4) is 11.6 Å². The summed E-state index contributed by atoms with van der Waals surface area (Å²) < 4.78 is 66.4. The quantitative estimate of drug-likeness (QED) is 0.427. The molecule has 2 saturated heterocycles. The Morgan fingerprint density at radius 1 is 1.18 bits per heavy atom. The third-order valence-corrected chi connectivity index (χ3v) is 6.41. The van der Waals surface area contributed by atoms with Crippen LogP contribution in [0.2, 0.25) is 0 Å². The van der Waals surface area contributed by atoms with E-state index >= 15 is 0 Å². The number of carbonyl (C=O) groups is 1. The number of rotatable bonds is 7. The Balaban J connectivity index is 1.31. The minimum Gasteiger partial charge on any atom is -0.490 e. The van der Waals surface area contributed by atoms with Gasteiger partial charge in [-0.2, -0.15) is 4.39 Å². The van der Waals surface area contributed by atoms with Crippen LogP contribution in [0.1, 0.15) is 33.6 Å². The number of amides is 1. The van der Waals surface area contributed by atoms with Crippen LogP contribution in [-0.4, -0.2) is 70.6 Å². The molecule has 10 nitrogen and oxygen atoms in total. The molecule has 2 aliphatic rings. The zero-order valence-electron chi connectivity index (χ0n) is 22.4. The van der Waals surface area contributed by atoms with Crippen molar-refractivity contribution in [1.82, 2.24) is 19.9 Å². The summed E-state index contributed by atoms with van der Waals surface area (Å²) in [5, 5.41) is 2.71. The van der Waals surface area contributed by atoms with E-state index < -0.39 is 35.2 Å². The second kappa shape index (κ2) is 11.3. The maximum absolute atomic E-state index is 14.9. The number of anilines is 2. The summed E-state index contributed by atoms with van der Waals surface area (Å²) in [7, 11) is 0. The molecule has 0 spiro atoms. The summed E-state index contributed by atoms with van der Waals surface area (Å²) in [6.07, 6.45) is 1.39. The standard InChI is InChI=1S/C27H30F3N5O5/c1-27(2,3)40-26(36)35-8-6-16(11-35)39-25-17(28)10-19-23(34-25)24(32-14-31-19)33-18-4-5-20(22(30)21(18)29)38-13-15-7-9-37-12-15/h4-5,10,14-16H,6-9,11-13H2,1-3H3,(H,31,32,33)/t15-,16-/m0/s1. The Bertz CT molecular complexity index is 1400. The van der Waals surface area contributed by atoms with Crippen molar-refractivity contribution in [3.05, 3.63) is 42.0 Å². The van der Waals surface area contributed by atoms with Crippen LogP contribution in [0, 0.1) is 23.4 Å². The van der Waals surface area contributed by atoms with Gasteiger partial charge >= 0.3 is 6.09 Å². The molecular weight excluding hydrogens is 531 g/mol. The number of fused-ring (bicyclic) bond motifs is 1. The Morgan fingerprint density at radius 2 is 2.00 bits per heavy atom. The van der Waals surface area contributed by atoms with E-state index in [1.807, 2.05) is 0 Å². The molecular formula is C27H30F3N5O5. The Kier molecular flexibility index (Phi) is 7.83. The number of nitrogens with zero attached hydrogens (tertiary/aromatic N) is 4. The summed E-state index contributed by atoms with van der Waals surface area (Å²) in [4.78, 5) is 26.2. The summed E-state index contributed by atoms with van der Waals surface area (Å²) in [6.45, 7) is 7.24. The summed E-state index contributed by atoms with van der Waals surface area (Å²) in [5.74, 6) is -3.48. The van der Waals surface area contributed by atoms with E-state index in [0.29, 0.717) is 26.2 Å². The number of likely N-dealkylation sites (tertiary alicyclic amines) is 1. The average Bonchev–Trinajstić information content (AvgIpc) is 3.59. The van der Waals surface area contributed by atoms with Crippen molar-refractivity contribution in [2.45, 2.75) is 45.3 Å². The first-order valence-corrected chi connectivity index (χ1v) is 13.0. The van der Waals surface area contributed by atoms with Gasteiger partial charge in [-0.15, -0.1) is 0 Å². The topological polar surface area (TPSA) is 108 Å². The molecule has 2 aliphatic heterocycles. The second-order valence-corrected chi connectivity index (χ2v) is 10.7. The van der Waals surface area contributed by atoms with E-state index in [1.54, 1.807) is 20.8 Å². The van der Waals surface area contributed by atoms with Crippen LogP contribution in [0.3, 0.4) is 0 Å². The predicted molar refractivity (Wildman–Crippen MR) is 138 cm³/mol. The number of hydrogen-bond donors (Lipinski definition) is 1. The minimum atomic E-state index is -1.17. The molecule has 2 atom stereocenters. The lowest BCUT2D eigenvalue weighted by Crippen LogP contribution is -2.36. The van der Waals surface area contributed by atoms with Crippen molar-refractivity contribution in [2.24, 2.45) is 5.92 Å². The van der Waals surface area contributed by atoms with E-state index in [0.717, 1.165) is 18.8 Å². The molecule has 2 fully saturated rings. The van der Waals surface area contributed by atoms with Gasteiger partial charge in [-0.1, -0.05) is 0 Å². The molecule has 2 aromatic heterocycles. The molecule has 3 aromatic rings. The predicted octanol–water partition coefficient (Wildman–Crippen LogP) is 4.99. The monoisotopic (exact) mass is 561 g/mol. The molecule has 5 rings (SSSR count). The van der Waals surface area contributed by atoms with E-state index in [4.69, 9.17) is 18.9 Å². The van der Waals surface area contributed by atoms with Crippen LogP contribution in [0.15, 0.2) is 24.5 Å². The van der Waals surface area contributed by atoms with Crippen molar-refractivity contribution >= 4 is 28.6 Å². The number of ether oxygens (including phenoxy) is 4. The van der Waals surface area contributed by atoms with Crippen LogP contribution in [0.25, 0.3) is 11.0 Å². The fraction of sp³-hybridized carbons (Fsp3) is 0.481. The first-order valence-electron chi connectivity index (χ1n) is 13.0. The van der Waals surface area contributed by atoms with Gasteiger partial charge in [-0.3, -0.25) is 0 Å². The molecule has 1 N–H and O–H groups in total. The minimum absolute atomic E-state index is 0.0201. The smallest absolute Gasteiger partial charge is 0.410 e. The molecule has 40 heavy (non-hydrogen) atoms. The van der Waals surface area contributed by atoms with Gasteiger partial charge < -0.3 is 29.2 Å². The summed E-state index contributed by atoms with van der Waals surface area (Å²) >= 11 is 0. The molecule has 0 aliphatic carbocycles.